The van der Waals surface area contributed by atoms with Gasteiger partial charge in [-0.1, -0.05) is 42.5 Å². The van der Waals surface area contributed by atoms with Crippen LogP contribution >= 0.6 is 0 Å². The van der Waals surface area contributed by atoms with Crippen molar-refractivity contribution in [2.24, 2.45) is 0 Å². The highest BCUT2D eigenvalue weighted by atomic mass is 15.0. The number of hydrogen-bond acceptors (Lipinski definition) is 1. The van der Waals surface area contributed by atoms with Gasteiger partial charge < -0.3 is 4.57 Å². The van der Waals surface area contributed by atoms with E-state index in [9.17, 15) is 0 Å². The summed E-state index contributed by atoms with van der Waals surface area (Å²) in [6.07, 6.45) is 2.08. The predicted molar refractivity (Wildman–Crippen MR) is 80.1 cm³/mol. The quantitative estimate of drug-likeness (QED) is 0.696. The lowest BCUT2D eigenvalue weighted by Gasteiger charge is -2.09. The normalized spacial score (nSPS) is 10.2. The minimum Gasteiger partial charge on any atom is -0.343 e. The lowest BCUT2D eigenvalue weighted by atomic mass is 10.1. The molecule has 0 N–H and O–H groups in total. The Kier molecular flexibility index (Phi) is 3.34. The van der Waals surface area contributed by atoms with Gasteiger partial charge in [-0.25, -0.2) is 0 Å². The van der Waals surface area contributed by atoms with Gasteiger partial charge in [0.2, 0.25) is 0 Å². The molecule has 0 aliphatic carbocycles. The standard InChI is InChI=1S/C18H14N2/c19-13-15-8-10-17(11-9-15)18-7-4-12-20(18)14-16-5-2-1-3-6-16/h1-12H,14H2. The number of aromatic nitrogens is 1. The summed E-state index contributed by atoms with van der Waals surface area (Å²) in [4.78, 5) is 0. The fraction of sp³-hybridized carbons (Fsp3) is 0.0556. The summed E-state index contributed by atoms with van der Waals surface area (Å²) in [5.41, 5.74) is 4.26. The summed E-state index contributed by atoms with van der Waals surface area (Å²) >= 11 is 0. The van der Waals surface area contributed by atoms with Crippen LogP contribution in [-0.4, -0.2) is 4.57 Å². The molecule has 1 heterocycles. The summed E-state index contributed by atoms with van der Waals surface area (Å²) in [7, 11) is 0. The maximum Gasteiger partial charge on any atom is 0.0991 e. The van der Waals surface area contributed by atoms with Crippen LogP contribution in [0.4, 0.5) is 0 Å². The van der Waals surface area contributed by atoms with Crippen molar-refractivity contribution in [3.05, 3.63) is 84.1 Å². The number of nitrogens with zero attached hydrogens (tertiary/aromatic N) is 2. The van der Waals surface area contributed by atoms with Crippen molar-refractivity contribution in [2.75, 3.05) is 0 Å². The summed E-state index contributed by atoms with van der Waals surface area (Å²) < 4.78 is 2.22. The van der Waals surface area contributed by atoms with E-state index in [-0.39, 0.29) is 0 Å². The Morgan fingerprint density at radius 2 is 1.60 bits per heavy atom. The zero-order chi connectivity index (χ0) is 13.8. The van der Waals surface area contributed by atoms with Crippen LogP contribution < -0.4 is 0 Å². The van der Waals surface area contributed by atoms with Crippen LogP contribution in [0.2, 0.25) is 0 Å². The Hall–Kier alpha value is -2.79. The average Bonchev–Trinajstić information content (AvgIpc) is 2.96. The van der Waals surface area contributed by atoms with Crippen molar-refractivity contribution in [2.45, 2.75) is 6.54 Å². The molecule has 0 aliphatic heterocycles. The Morgan fingerprint density at radius 3 is 2.30 bits per heavy atom. The molecule has 0 unspecified atom stereocenters. The second kappa shape index (κ2) is 5.46. The first-order valence-corrected chi connectivity index (χ1v) is 6.56. The maximum absolute atomic E-state index is 8.85. The van der Waals surface area contributed by atoms with Crippen LogP contribution in [-0.2, 0) is 6.54 Å². The zero-order valence-corrected chi connectivity index (χ0v) is 11.0. The minimum atomic E-state index is 0.690. The van der Waals surface area contributed by atoms with E-state index in [4.69, 9.17) is 5.26 Å². The molecule has 96 valence electrons. The molecule has 20 heavy (non-hydrogen) atoms. The lowest BCUT2D eigenvalue weighted by molar-refractivity contribution is 0.814. The molecule has 0 spiro atoms. The SMILES string of the molecule is N#Cc1ccc(-c2cccn2Cc2ccccc2)cc1. The highest BCUT2D eigenvalue weighted by Gasteiger charge is 2.04. The van der Waals surface area contributed by atoms with Crippen LogP contribution in [0.1, 0.15) is 11.1 Å². The van der Waals surface area contributed by atoms with Crippen LogP contribution in [0.5, 0.6) is 0 Å². The second-order valence-electron chi connectivity index (χ2n) is 4.70. The Labute approximate surface area is 118 Å². The fourth-order valence-electron chi connectivity index (χ4n) is 2.31. The third-order valence-electron chi connectivity index (χ3n) is 3.34. The van der Waals surface area contributed by atoms with Crippen LogP contribution in [0.25, 0.3) is 11.3 Å². The van der Waals surface area contributed by atoms with Gasteiger partial charge in [0, 0.05) is 18.4 Å². The van der Waals surface area contributed by atoms with E-state index in [2.05, 4.69) is 53.2 Å². The van der Waals surface area contributed by atoms with Gasteiger partial charge in [0.1, 0.15) is 0 Å². The number of nitriles is 1. The van der Waals surface area contributed by atoms with Gasteiger partial charge in [-0.15, -0.1) is 0 Å². The topological polar surface area (TPSA) is 28.7 Å². The maximum atomic E-state index is 8.85. The molecule has 3 aromatic rings. The third-order valence-corrected chi connectivity index (χ3v) is 3.34. The van der Waals surface area contributed by atoms with Crippen molar-refractivity contribution in [3.63, 3.8) is 0 Å². The summed E-state index contributed by atoms with van der Waals surface area (Å²) in [5, 5.41) is 8.85. The first-order chi connectivity index (χ1) is 9.86. The molecule has 3 rings (SSSR count). The number of hydrogen-bond donors (Lipinski definition) is 0. The minimum absolute atomic E-state index is 0.690. The molecule has 0 amide bonds. The number of rotatable bonds is 3. The summed E-state index contributed by atoms with van der Waals surface area (Å²) in [6.45, 7) is 0.850. The molecular weight excluding hydrogens is 244 g/mol. The van der Waals surface area contributed by atoms with E-state index in [1.54, 1.807) is 0 Å². The van der Waals surface area contributed by atoms with Gasteiger partial charge >= 0.3 is 0 Å². The lowest BCUT2D eigenvalue weighted by Crippen LogP contribution is -1.99. The molecule has 1 aromatic heterocycles. The first kappa shape index (κ1) is 12.3. The van der Waals surface area contributed by atoms with E-state index in [0.29, 0.717) is 5.56 Å². The molecule has 2 nitrogen and oxygen atoms in total. The average molecular weight is 258 g/mol. The molecule has 0 radical (unpaired) electrons. The monoisotopic (exact) mass is 258 g/mol. The smallest absolute Gasteiger partial charge is 0.0991 e. The molecule has 2 aromatic carbocycles. The third kappa shape index (κ3) is 2.48. The van der Waals surface area contributed by atoms with E-state index < -0.39 is 0 Å². The summed E-state index contributed by atoms with van der Waals surface area (Å²) in [5.74, 6) is 0. The van der Waals surface area contributed by atoms with Crippen molar-refractivity contribution >= 4 is 0 Å². The van der Waals surface area contributed by atoms with Gasteiger partial charge in [-0.2, -0.15) is 5.26 Å². The van der Waals surface area contributed by atoms with Gasteiger partial charge in [-0.05, 0) is 35.4 Å². The molecular formula is C18H14N2. The van der Waals surface area contributed by atoms with Crippen LogP contribution in [0.3, 0.4) is 0 Å². The Morgan fingerprint density at radius 1 is 0.850 bits per heavy atom. The van der Waals surface area contributed by atoms with Gasteiger partial charge in [-0.3, -0.25) is 0 Å². The van der Waals surface area contributed by atoms with Crippen LogP contribution in [0.15, 0.2) is 72.9 Å². The molecule has 0 fully saturated rings. The van der Waals surface area contributed by atoms with E-state index in [1.807, 2.05) is 30.3 Å². The summed E-state index contributed by atoms with van der Waals surface area (Å²) in [6, 6.07) is 24.4. The molecule has 2 heteroatoms. The highest BCUT2D eigenvalue weighted by molar-refractivity contribution is 5.61. The predicted octanol–water partition coefficient (Wildman–Crippen LogP) is 4.08. The second-order valence-corrected chi connectivity index (χ2v) is 4.70. The van der Waals surface area contributed by atoms with Crippen molar-refractivity contribution < 1.29 is 0 Å². The Balaban J connectivity index is 1.92. The van der Waals surface area contributed by atoms with Gasteiger partial charge in [0.05, 0.1) is 11.6 Å². The van der Waals surface area contributed by atoms with E-state index in [0.717, 1.165) is 12.1 Å². The van der Waals surface area contributed by atoms with E-state index in [1.165, 1.54) is 11.3 Å². The molecule has 0 saturated heterocycles. The van der Waals surface area contributed by atoms with Crippen molar-refractivity contribution in [1.82, 2.24) is 4.57 Å². The zero-order valence-electron chi connectivity index (χ0n) is 11.0. The highest BCUT2D eigenvalue weighted by Crippen LogP contribution is 2.21. The van der Waals surface area contributed by atoms with Gasteiger partial charge in [0.25, 0.3) is 0 Å². The number of benzene rings is 2. The molecule has 0 aliphatic rings. The fourth-order valence-corrected chi connectivity index (χ4v) is 2.31. The molecule has 0 bridgehead atoms. The largest absolute Gasteiger partial charge is 0.343 e. The van der Waals surface area contributed by atoms with Gasteiger partial charge in [0.15, 0.2) is 0 Å². The Bertz CT molecular complexity index is 731. The van der Waals surface area contributed by atoms with Crippen LogP contribution in [0, 0.1) is 11.3 Å². The molecule has 0 atom stereocenters. The van der Waals surface area contributed by atoms with Crippen molar-refractivity contribution in [3.8, 4) is 17.3 Å². The molecule has 0 saturated carbocycles. The first-order valence-electron chi connectivity index (χ1n) is 6.56. The van der Waals surface area contributed by atoms with Crippen molar-refractivity contribution in [1.29, 1.82) is 5.26 Å². The van der Waals surface area contributed by atoms with E-state index >= 15 is 0 Å².